The van der Waals surface area contributed by atoms with E-state index in [0.717, 1.165) is 31.2 Å². The molecule has 1 saturated carbocycles. The molecule has 3 rings (SSSR count). The molecule has 6 nitrogen and oxygen atoms in total. The van der Waals surface area contributed by atoms with Crippen molar-refractivity contribution in [3.63, 3.8) is 0 Å². The standard InChI is InChI=1S/C18H21N3O3S/c22-18(21-16-5-1-2-6-16)15-7-9-17(10-8-15)25(23,24)20-13-14-4-3-11-19-12-14/h3-4,7-12,16,20H,1-2,5-6,13H2,(H,21,22). The largest absolute Gasteiger partial charge is 0.349 e. The highest BCUT2D eigenvalue weighted by atomic mass is 32.2. The second-order valence-corrected chi connectivity index (χ2v) is 7.93. The fourth-order valence-corrected chi connectivity index (χ4v) is 3.91. The molecule has 1 heterocycles. The fourth-order valence-electron chi connectivity index (χ4n) is 2.89. The number of benzene rings is 1. The third-order valence-corrected chi connectivity index (χ3v) is 5.72. The van der Waals surface area contributed by atoms with E-state index in [4.69, 9.17) is 0 Å². The van der Waals surface area contributed by atoms with Gasteiger partial charge in [0.15, 0.2) is 0 Å². The Balaban J connectivity index is 1.63. The van der Waals surface area contributed by atoms with E-state index >= 15 is 0 Å². The molecule has 1 aromatic carbocycles. The summed E-state index contributed by atoms with van der Waals surface area (Å²) in [5.74, 6) is -0.154. The molecule has 1 aromatic heterocycles. The van der Waals surface area contributed by atoms with Gasteiger partial charge in [-0.3, -0.25) is 9.78 Å². The van der Waals surface area contributed by atoms with Gasteiger partial charge in [0.25, 0.3) is 5.91 Å². The number of rotatable bonds is 6. The molecule has 132 valence electrons. The van der Waals surface area contributed by atoms with Crippen molar-refractivity contribution in [2.45, 2.75) is 43.2 Å². The Bertz CT molecular complexity index is 814. The number of sulfonamides is 1. The van der Waals surface area contributed by atoms with Gasteiger partial charge >= 0.3 is 0 Å². The van der Waals surface area contributed by atoms with Crippen LogP contribution < -0.4 is 10.0 Å². The SMILES string of the molecule is O=C(NC1CCCC1)c1ccc(S(=O)(=O)NCc2cccnc2)cc1. The minimum absolute atomic E-state index is 0.133. The summed E-state index contributed by atoms with van der Waals surface area (Å²) < 4.78 is 27.2. The highest BCUT2D eigenvalue weighted by Gasteiger charge is 2.19. The molecule has 0 radical (unpaired) electrons. The van der Waals surface area contributed by atoms with Crippen molar-refractivity contribution in [1.82, 2.24) is 15.0 Å². The maximum absolute atomic E-state index is 12.3. The van der Waals surface area contributed by atoms with Crippen LogP contribution >= 0.6 is 0 Å². The minimum atomic E-state index is -3.63. The average molecular weight is 359 g/mol. The van der Waals surface area contributed by atoms with Gasteiger partial charge in [0.1, 0.15) is 0 Å². The lowest BCUT2D eigenvalue weighted by molar-refractivity contribution is 0.0938. The predicted molar refractivity (Wildman–Crippen MR) is 94.4 cm³/mol. The van der Waals surface area contributed by atoms with Gasteiger partial charge in [0.05, 0.1) is 4.90 Å². The van der Waals surface area contributed by atoms with E-state index in [0.29, 0.717) is 5.56 Å². The van der Waals surface area contributed by atoms with Crippen LogP contribution in [0.4, 0.5) is 0 Å². The van der Waals surface area contributed by atoms with Gasteiger partial charge in [0.2, 0.25) is 10.0 Å². The number of amides is 1. The Morgan fingerprint density at radius 1 is 1.12 bits per heavy atom. The quantitative estimate of drug-likeness (QED) is 0.828. The van der Waals surface area contributed by atoms with Crippen LogP contribution in [0.3, 0.4) is 0 Å². The molecule has 2 N–H and O–H groups in total. The van der Waals surface area contributed by atoms with E-state index in [1.807, 2.05) is 0 Å². The number of pyridine rings is 1. The smallest absolute Gasteiger partial charge is 0.251 e. The number of nitrogens with one attached hydrogen (secondary N) is 2. The minimum Gasteiger partial charge on any atom is -0.349 e. The van der Waals surface area contributed by atoms with E-state index in [1.165, 1.54) is 12.1 Å². The molecule has 1 aliphatic carbocycles. The Kier molecular flexibility index (Phi) is 5.45. The fraction of sp³-hybridized carbons (Fsp3) is 0.333. The Labute approximate surface area is 147 Å². The average Bonchev–Trinajstić information content (AvgIpc) is 3.14. The lowest BCUT2D eigenvalue weighted by Crippen LogP contribution is -2.32. The molecule has 0 saturated heterocycles. The number of hydrogen-bond donors (Lipinski definition) is 2. The third kappa shape index (κ3) is 4.64. The van der Waals surface area contributed by atoms with Crippen LogP contribution in [0.15, 0.2) is 53.7 Å². The maximum atomic E-state index is 12.3. The molecule has 0 bridgehead atoms. The van der Waals surface area contributed by atoms with Gasteiger partial charge in [-0.15, -0.1) is 0 Å². The monoisotopic (exact) mass is 359 g/mol. The number of carbonyl (C=O) groups excluding carboxylic acids is 1. The van der Waals surface area contributed by atoms with Crippen LogP contribution in [0.2, 0.25) is 0 Å². The molecule has 1 fully saturated rings. The molecule has 0 aliphatic heterocycles. The number of aromatic nitrogens is 1. The first-order valence-electron chi connectivity index (χ1n) is 8.34. The number of hydrogen-bond acceptors (Lipinski definition) is 4. The van der Waals surface area contributed by atoms with Crippen molar-refractivity contribution in [3.05, 3.63) is 59.9 Å². The van der Waals surface area contributed by atoms with Crippen molar-refractivity contribution in [3.8, 4) is 0 Å². The van der Waals surface area contributed by atoms with Gasteiger partial charge < -0.3 is 5.32 Å². The second kappa shape index (κ2) is 7.76. The first-order chi connectivity index (χ1) is 12.0. The van der Waals surface area contributed by atoms with Gasteiger partial charge in [-0.25, -0.2) is 13.1 Å². The third-order valence-electron chi connectivity index (χ3n) is 4.31. The summed E-state index contributed by atoms with van der Waals surface area (Å²) in [5, 5.41) is 2.99. The summed E-state index contributed by atoms with van der Waals surface area (Å²) in [6, 6.07) is 9.78. The zero-order valence-corrected chi connectivity index (χ0v) is 14.6. The molecule has 1 amide bonds. The van der Waals surface area contributed by atoms with E-state index in [9.17, 15) is 13.2 Å². The zero-order valence-electron chi connectivity index (χ0n) is 13.8. The highest BCUT2D eigenvalue weighted by Crippen LogP contribution is 2.18. The van der Waals surface area contributed by atoms with Crippen LogP contribution in [0, 0.1) is 0 Å². The molecule has 7 heteroatoms. The maximum Gasteiger partial charge on any atom is 0.251 e. The molecular weight excluding hydrogens is 338 g/mol. The lowest BCUT2D eigenvalue weighted by atomic mass is 10.2. The van der Waals surface area contributed by atoms with Crippen molar-refractivity contribution in [2.24, 2.45) is 0 Å². The summed E-state index contributed by atoms with van der Waals surface area (Å²) >= 11 is 0. The van der Waals surface area contributed by atoms with Crippen LogP contribution in [-0.4, -0.2) is 25.4 Å². The van der Waals surface area contributed by atoms with E-state index in [1.54, 1.807) is 36.7 Å². The van der Waals surface area contributed by atoms with Crippen molar-refractivity contribution in [2.75, 3.05) is 0 Å². The van der Waals surface area contributed by atoms with Crippen LogP contribution in [0.5, 0.6) is 0 Å². The number of carbonyl (C=O) groups is 1. The number of nitrogens with zero attached hydrogens (tertiary/aromatic N) is 1. The zero-order chi connectivity index (χ0) is 17.7. The van der Waals surface area contributed by atoms with Gasteiger partial charge in [-0.05, 0) is 48.7 Å². The topological polar surface area (TPSA) is 88.2 Å². The summed E-state index contributed by atoms with van der Waals surface area (Å²) in [5.41, 5.74) is 1.25. The van der Waals surface area contributed by atoms with Crippen LogP contribution in [0.1, 0.15) is 41.6 Å². The first-order valence-corrected chi connectivity index (χ1v) is 9.82. The summed E-state index contributed by atoms with van der Waals surface area (Å²) in [6.45, 7) is 0.167. The molecule has 0 atom stereocenters. The van der Waals surface area contributed by atoms with Crippen LogP contribution in [-0.2, 0) is 16.6 Å². The predicted octanol–water partition coefficient (Wildman–Crippen LogP) is 2.23. The van der Waals surface area contributed by atoms with E-state index in [-0.39, 0.29) is 23.4 Å². The molecular formula is C18H21N3O3S. The first kappa shape index (κ1) is 17.6. The second-order valence-electron chi connectivity index (χ2n) is 6.17. The van der Waals surface area contributed by atoms with Crippen molar-refractivity contribution < 1.29 is 13.2 Å². The molecule has 1 aliphatic rings. The molecule has 2 aromatic rings. The van der Waals surface area contributed by atoms with Crippen molar-refractivity contribution in [1.29, 1.82) is 0 Å². The van der Waals surface area contributed by atoms with Crippen molar-refractivity contribution >= 4 is 15.9 Å². The lowest BCUT2D eigenvalue weighted by Gasteiger charge is -2.12. The van der Waals surface area contributed by atoms with Gasteiger partial charge in [0, 0.05) is 30.5 Å². The summed E-state index contributed by atoms with van der Waals surface area (Å²) in [7, 11) is -3.63. The normalized spacial score (nSPS) is 15.2. The van der Waals surface area contributed by atoms with Gasteiger partial charge in [-0.1, -0.05) is 18.9 Å². The molecule has 25 heavy (non-hydrogen) atoms. The molecule has 0 spiro atoms. The summed E-state index contributed by atoms with van der Waals surface area (Å²) in [6.07, 6.45) is 7.55. The van der Waals surface area contributed by atoms with Crippen LogP contribution in [0.25, 0.3) is 0 Å². The van der Waals surface area contributed by atoms with E-state index in [2.05, 4.69) is 15.0 Å². The summed E-state index contributed by atoms with van der Waals surface area (Å²) in [4.78, 5) is 16.3. The Morgan fingerprint density at radius 3 is 2.48 bits per heavy atom. The molecule has 0 unspecified atom stereocenters. The Hall–Kier alpha value is -2.25. The van der Waals surface area contributed by atoms with Gasteiger partial charge in [-0.2, -0.15) is 0 Å². The highest BCUT2D eigenvalue weighted by molar-refractivity contribution is 7.89. The van der Waals surface area contributed by atoms with E-state index < -0.39 is 10.0 Å². The Morgan fingerprint density at radius 2 is 1.84 bits per heavy atom.